The molecule has 0 spiro atoms. The van der Waals surface area contributed by atoms with Crippen LogP contribution in [-0.4, -0.2) is 32.2 Å². The molecule has 0 unspecified atom stereocenters. The normalized spacial score (nSPS) is 11.2. The molecule has 0 saturated heterocycles. The van der Waals surface area contributed by atoms with Crippen LogP contribution >= 0.6 is 0 Å². The van der Waals surface area contributed by atoms with E-state index in [4.69, 9.17) is 4.74 Å². The van der Waals surface area contributed by atoms with Crippen LogP contribution in [0, 0.1) is 0 Å². The van der Waals surface area contributed by atoms with E-state index in [9.17, 15) is 8.78 Å². The van der Waals surface area contributed by atoms with Crippen LogP contribution < -0.4 is 5.32 Å². The third-order valence-corrected chi connectivity index (χ3v) is 1.31. The van der Waals surface area contributed by atoms with E-state index in [-0.39, 0.29) is 6.61 Å². The topological polar surface area (TPSA) is 21.3 Å². The Morgan fingerprint density at radius 1 is 1.46 bits per heavy atom. The SMILES string of the molecule is C=C(CNC(C)C)COCC(F)F. The smallest absolute Gasteiger partial charge is 0.261 e. The van der Waals surface area contributed by atoms with E-state index in [1.165, 1.54) is 0 Å². The van der Waals surface area contributed by atoms with Gasteiger partial charge in [0.05, 0.1) is 6.61 Å². The first kappa shape index (κ1) is 12.5. The van der Waals surface area contributed by atoms with Crippen LogP contribution in [0.3, 0.4) is 0 Å². The van der Waals surface area contributed by atoms with Crippen molar-refractivity contribution in [2.24, 2.45) is 0 Å². The van der Waals surface area contributed by atoms with Crippen molar-refractivity contribution < 1.29 is 13.5 Å². The lowest BCUT2D eigenvalue weighted by Gasteiger charge is -2.10. The molecule has 2 nitrogen and oxygen atoms in total. The van der Waals surface area contributed by atoms with E-state index in [0.717, 1.165) is 5.57 Å². The quantitative estimate of drug-likeness (QED) is 0.623. The van der Waals surface area contributed by atoms with Crippen molar-refractivity contribution >= 4 is 0 Å². The summed E-state index contributed by atoms with van der Waals surface area (Å²) in [6, 6.07) is 0.367. The van der Waals surface area contributed by atoms with Crippen LogP contribution in [-0.2, 0) is 4.74 Å². The maximum absolute atomic E-state index is 11.6. The lowest BCUT2D eigenvalue weighted by molar-refractivity contribution is 0.0260. The van der Waals surface area contributed by atoms with Crippen molar-refractivity contribution in [3.8, 4) is 0 Å². The number of hydrogen-bond donors (Lipinski definition) is 1. The van der Waals surface area contributed by atoms with Crippen molar-refractivity contribution in [1.29, 1.82) is 0 Å². The van der Waals surface area contributed by atoms with E-state index >= 15 is 0 Å². The molecule has 0 aliphatic rings. The highest BCUT2D eigenvalue weighted by Crippen LogP contribution is 1.96. The molecule has 0 aromatic carbocycles. The molecular weight excluding hydrogens is 176 g/mol. The molecule has 0 aliphatic heterocycles. The minimum atomic E-state index is -2.40. The molecule has 4 heteroatoms. The van der Waals surface area contributed by atoms with Crippen LogP contribution in [0.1, 0.15) is 13.8 Å². The summed E-state index contributed by atoms with van der Waals surface area (Å²) in [4.78, 5) is 0. The third kappa shape index (κ3) is 9.43. The molecule has 0 amide bonds. The summed E-state index contributed by atoms with van der Waals surface area (Å²) in [6.07, 6.45) is -2.40. The second-order valence-electron chi connectivity index (χ2n) is 3.19. The van der Waals surface area contributed by atoms with E-state index in [1.54, 1.807) is 0 Å². The average Bonchev–Trinajstić information content (AvgIpc) is 2.00. The number of hydrogen-bond acceptors (Lipinski definition) is 2. The molecule has 1 N–H and O–H groups in total. The van der Waals surface area contributed by atoms with E-state index in [2.05, 4.69) is 11.9 Å². The molecule has 0 aliphatic carbocycles. The Morgan fingerprint density at radius 3 is 2.54 bits per heavy atom. The summed E-state index contributed by atoms with van der Waals surface area (Å²) in [5, 5.41) is 3.12. The van der Waals surface area contributed by atoms with Crippen molar-refractivity contribution in [3.05, 3.63) is 12.2 Å². The Kier molecular flexibility index (Phi) is 6.72. The van der Waals surface area contributed by atoms with E-state index < -0.39 is 13.0 Å². The Balaban J connectivity index is 3.30. The number of rotatable bonds is 7. The Hall–Kier alpha value is -0.480. The van der Waals surface area contributed by atoms with Crippen LogP contribution in [0.15, 0.2) is 12.2 Å². The van der Waals surface area contributed by atoms with E-state index in [0.29, 0.717) is 12.6 Å². The summed E-state index contributed by atoms with van der Waals surface area (Å²) < 4.78 is 28.0. The van der Waals surface area contributed by atoms with Gasteiger partial charge in [-0.2, -0.15) is 0 Å². The first-order valence-corrected chi connectivity index (χ1v) is 4.28. The molecule has 78 valence electrons. The van der Waals surface area contributed by atoms with Crippen LogP contribution in [0.4, 0.5) is 8.78 Å². The lowest BCUT2D eigenvalue weighted by atomic mass is 10.3. The number of halogens is 2. The van der Waals surface area contributed by atoms with Gasteiger partial charge in [-0.15, -0.1) is 0 Å². The van der Waals surface area contributed by atoms with Gasteiger partial charge in [0, 0.05) is 12.6 Å². The van der Waals surface area contributed by atoms with Crippen LogP contribution in [0.2, 0.25) is 0 Å². The molecule has 0 bridgehead atoms. The molecule has 0 saturated carbocycles. The minimum absolute atomic E-state index is 0.198. The monoisotopic (exact) mass is 193 g/mol. The molecule has 0 rings (SSSR count). The van der Waals surface area contributed by atoms with Crippen molar-refractivity contribution in [1.82, 2.24) is 5.32 Å². The van der Waals surface area contributed by atoms with Gasteiger partial charge < -0.3 is 10.1 Å². The van der Waals surface area contributed by atoms with Crippen molar-refractivity contribution in [3.63, 3.8) is 0 Å². The molecule has 0 heterocycles. The molecule has 0 aromatic rings. The van der Waals surface area contributed by atoms with Gasteiger partial charge in [0.2, 0.25) is 0 Å². The highest BCUT2D eigenvalue weighted by atomic mass is 19.3. The summed E-state index contributed by atoms with van der Waals surface area (Å²) in [5.41, 5.74) is 0.786. The zero-order valence-electron chi connectivity index (χ0n) is 8.15. The second kappa shape index (κ2) is 6.97. The van der Waals surface area contributed by atoms with Gasteiger partial charge in [0.1, 0.15) is 6.61 Å². The van der Waals surface area contributed by atoms with Crippen molar-refractivity contribution in [2.75, 3.05) is 19.8 Å². The standard InChI is InChI=1S/C9H17F2NO/c1-7(2)12-4-8(3)5-13-6-9(10)11/h7,9,12H,3-6H2,1-2H3. The van der Waals surface area contributed by atoms with Crippen molar-refractivity contribution in [2.45, 2.75) is 26.3 Å². The highest BCUT2D eigenvalue weighted by Gasteiger charge is 2.02. The fourth-order valence-electron chi connectivity index (χ4n) is 0.692. The fourth-order valence-corrected chi connectivity index (χ4v) is 0.692. The molecule has 0 fully saturated rings. The highest BCUT2D eigenvalue weighted by molar-refractivity contribution is 4.97. The first-order chi connectivity index (χ1) is 6.02. The van der Waals surface area contributed by atoms with Gasteiger partial charge in [-0.3, -0.25) is 0 Å². The predicted octanol–water partition coefficient (Wildman–Crippen LogP) is 1.82. The van der Waals surface area contributed by atoms with Crippen LogP contribution in [0.5, 0.6) is 0 Å². The predicted molar refractivity (Wildman–Crippen MR) is 49.1 cm³/mol. The summed E-state index contributed by atoms with van der Waals surface area (Å²) in [5.74, 6) is 0. The molecule has 0 aromatic heterocycles. The third-order valence-electron chi connectivity index (χ3n) is 1.31. The number of alkyl halides is 2. The lowest BCUT2D eigenvalue weighted by Crippen LogP contribution is -2.26. The largest absolute Gasteiger partial charge is 0.371 e. The molecule has 0 atom stereocenters. The molecular formula is C9H17F2NO. The van der Waals surface area contributed by atoms with Gasteiger partial charge in [-0.05, 0) is 5.57 Å². The van der Waals surface area contributed by atoms with Crippen LogP contribution in [0.25, 0.3) is 0 Å². The number of nitrogens with one attached hydrogen (secondary N) is 1. The summed E-state index contributed by atoms with van der Waals surface area (Å²) in [6.45, 7) is 8.00. The first-order valence-electron chi connectivity index (χ1n) is 4.28. The molecule has 0 radical (unpaired) electrons. The maximum Gasteiger partial charge on any atom is 0.261 e. The maximum atomic E-state index is 11.6. The van der Waals surface area contributed by atoms with E-state index in [1.807, 2.05) is 13.8 Å². The molecule has 13 heavy (non-hydrogen) atoms. The Morgan fingerprint density at radius 2 is 2.08 bits per heavy atom. The van der Waals surface area contributed by atoms with Gasteiger partial charge in [-0.1, -0.05) is 20.4 Å². The Labute approximate surface area is 78.0 Å². The fraction of sp³-hybridized carbons (Fsp3) is 0.778. The number of ether oxygens (including phenoxy) is 1. The van der Waals surface area contributed by atoms with Gasteiger partial charge in [0.25, 0.3) is 6.43 Å². The summed E-state index contributed by atoms with van der Waals surface area (Å²) in [7, 11) is 0. The second-order valence-corrected chi connectivity index (χ2v) is 3.19. The van der Waals surface area contributed by atoms with Gasteiger partial charge in [0.15, 0.2) is 0 Å². The van der Waals surface area contributed by atoms with Gasteiger partial charge in [-0.25, -0.2) is 8.78 Å². The Bertz CT molecular complexity index is 149. The minimum Gasteiger partial charge on any atom is -0.371 e. The zero-order valence-corrected chi connectivity index (χ0v) is 8.15. The zero-order chi connectivity index (χ0) is 10.3. The average molecular weight is 193 g/mol. The van der Waals surface area contributed by atoms with Gasteiger partial charge >= 0.3 is 0 Å². The summed E-state index contributed by atoms with van der Waals surface area (Å²) >= 11 is 0.